The van der Waals surface area contributed by atoms with Gasteiger partial charge < -0.3 is 0 Å². The predicted octanol–water partition coefficient (Wildman–Crippen LogP) is 1.24. The van der Waals surface area contributed by atoms with Crippen molar-refractivity contribution in [3.05, 3.63) is 11.9 Å². The second-order valence-corrected chi connectivity index (χ2v) is 5.33. The van der Waals surface area contributed by atoms with E-state index in [1.807, 2.05) is 10.9 Å². The van der Waals surface area contributed by atoms with Crippen LogP contribution in [0.15, 0.2) is 6.20 Å². The summed E-state index contributed by atoms with van der Waals surface area (Å²) in [5.41, 5.74) is 4.42. The monoisotopic (exact) mass is 223 g/mol. The van der Waals surface area contributed by atoms with Crippen molar-refractivity contribution >= 4 is 0 Å². The van der Waals surface area contributed by atoms with Crippen molar-refractivity contribution in [3.8, 4) is 0 Å². The van der Waals surface area contributed by atoms with Gasteiger partial charge in [0.1, 0.15) is 0 Å². The first-order chi connectivity index (χ1) is 7.60. The number of nitrogens with zero attached hydrogens (tertiary/aromatic N) is 3. The minimum Gasteiger partial charge on any atom is -0.271 e. The minimum atomic E-state index is 0.177. The van der Waals surface area contributed by atoms with E-state index in [1.54, 1.807) is 0 Å². The van der Waals surface area contributed by atoms with Crippen LogP contribution in [0, 0.1) is 11.3 Å². The highest BCUT2D eigenvalue weighted by atomic mass is 15.4. The summed E-state index contributed by atoms with van der Waals surface area (Å²) in [4.78, 5) is 0. The van der Waals surface area contributed by atoms with E-state index in [0.29, 0.717) is 11.3 Å². The quantitative estimate of drug-likeness (QED) is 0.582. The maximum atomic E-state index is 5.67. The summed E-state index contributed by atoms with van der Waals surface area (Å²) in [6.07, 6.45) is 4.09. The molecule has 0 spiro atoms. The van der Waals surface area contributed by atoms with Crippen molar-refractivity contribution < 1.29 is 0 Å². The minimum absolute atomic E-state index is 0.177. The van der Waals surface area contributed by atoms with Crippen LogP contribution in [0.3, 0.4) is 0 Å². The molecule has 5 nitrogen and oxygen atoms in total. The number of aromatic nitrogens is 3. The molecule has 0 radical (unpaired) electrons. The first-order valence-corrected chi connectivity index (χ1v) is 5.94. The van der Waals surface area contributed by atoms with Crippen LogP contribution in [0.2, 0.25) is 0 Å². The molecule has 3 N–H and O–H groups in total. The van der Waals surface area contributed by atoms with Crippen molar-refractivity contribution in [2.24, 2.45) is 17.2 Å². The van der Waals surface area contributed by atoms with Crippen LogP contribution >= 0.6 is 0 Å². The molecule has 16 heavy (non-hydrogen) atoms. The van der Waals surface area contributed by atoms with Crippen molar-refractivity contribution in [3.63, 3.8) is 0 Å². The normalized spacial score (nSPS) is 24.4. The molecule has 5 heteroatoms. The summed E-state index contributed by atoms with van der Waals surface area (Å²) in [6.45, 7) is 7.59. The molecule has 1 aromatic heterocycles. The zero-order valence-electron chi connectivity index (χ0n) is 10.3. The number of nitrogens with one attached hydrogen (secondary N) is 1. The summed E-state index contributed by atoms with van der Waals surface area (Å²) >= 11 is 0. The maximum absolute atomic E-state index is 5.67. The number of hydrogen-bond acceptors (Lipinski definition) is 4. The highest BCUT2D eigenvalue weighted by molar-refractivity contribution is 5.12. The second-order valence-electron chi connectivity index (χ2n) is 5.33. The van der Waals surface area contributed by atoms with Gasteiger partial charge >= 0.3 is 0 Å². The van der Waals surface area contributed by atoms with Gasteiger partial charge in [0.15, 0.2) is 0 Å². The first kappa shape index (κ1) is 11.5. The molecule has 1 aliphatic carbocycles. The van der Waals surface area contributed by atoms with E-state index in [2.05, 4.69) is 36.5 Å². The van der Waals surface area contributed by atoms with E-state index in [4.69, 9.17) is 5.84 Å². The van der Waals surface area contributed by atoms with Crippen LogP contribution in [0.25, 0.3) is 0 Å². The topological polar surface area (TPSA) is 68.8 Å². The van der Waals surface area contributed by atoms with Crippen molar-refractivity contribution in [1.29, 1.82) is 0 Å². The molecule has 0 aliphatic heterocycles. The highest BCUT2D eigenvalue weighted by Crippen LogP contribution is 2.57. The standard InChI is InChI=1S/C11H21N5/c1-4-5-16-9(7-13-15-16)10(14-12)8-6-11(8,2)3/h7-8,10,14H,4-6,12H2,1-3H3. The molecule has 0 amide bonds. The fourth-order valence-electron chi connectivity index (χ4n) is 2.38. The fraction of sp³-hybridized carbons (Fsp3) is 0.818. The first-order valence-electron chi connectivity index (χ1n) is 5.94. The molecule has 0 saturated heterocycles. The van der Waals surface area contributed by atoms with E-state index >= 15 is 0 Å². The summed E-state index contributed by atoms with van der Waals surface area (Å²) in [5.74, 6) is 6.26. The Morgan fingerprint density at radius 3 is 2.88 bits per heavy atom. The van der Waals surface area contributed by atoms with Crippen LogP contribution in [0.5, 0.6) is 0 Å². The van der Waals surface area contributed by atoms with Gasteiger partial charge in [-0.3, -0.25) is 11.3 Å². The lowest BCUT2D eigenvalue weighted by atomic mass is 10.0. The summed E-state index contributed by atoms with van der Waals surface area (Å²) in [7, 11) is 0. The Balaban J connectivity index is 2.17. The molecule has 2 unspecified atom stereocenters. The molecule has 0 aromatic carbocycles. The number of hydrogen-bond donors (Lipinski definition) is 2. The van der Waals surface area contributed by atoms with Gasteiger partial charge in [-0.2, -0.15) is 0 Å². The van der Waals surface area contributed by atoms with Gasteiger partial charge in [0, 0.05) is 6.54 Å². The Hall–Kier alpha value is -0.940. The lowest BCUT2D eigenvalue weighted by molar-refractivity contribution is 0.392. The van der Waals surface area contributed by atoms with Crippen LogP contribution in [0.4, 0.5) is 0 Å². The third-order valence-corrected chi connectivity index (χ3v) is 3.57. The number of aryl methyl sites for hydroxylation is 1. The fourth-order valence-corrected chi connectivity index (χ4v) is 2.38. The lowest BCUT2D eigenvalue weighted by Crippen LogP contribution is -2.32. The molecule has 2 atom stereocenters. The van der Waals surface area contributed by atoms with Crippen LogP contribution < -0.4 is 11.3 Å². The van der Waals surface area contributed by atoms with E-state index in [-0.39, 0.29) is 6.04 Å². The third kappa shape index (κ3) is 1.97. The van der Waals surface area contributed by atoms with Gasteiger partial charge in [0.25, 0.3) is 0 Å². The van der Waals surface area contributed by atoms with Crippen molar-refractivity contribution in [1.82, 2.24) is 20.4 Å². The summed E-state index contributed by atoms with van der Waals surface area (Å²) < 4.78 is 1.96. The predicted molar refractivity (Wildman–Crippen MR) is 62.3 cm³/mol. The summed E-state index contributed by atoms with van der Waals surface area (Å²) in [6, 6.07) is 0.177. The van der Waals surface area contributed by atoms with Crippen molar-refractivity contribution in [2.75, 3.05) is 0 Å². The Morgan fingerprint density at radius 2 is 2.38 bits per heavy atom. The van der Waals surface area contributed by atoms with Crippen molar-refractivity contribution in [2.45, 2.75) is 46.2 Å². The number of nitrogens with two attached hydrogens (primary N) is 1. The molecule has 1 aromatic rings. The van der Waals surface area contributed by atoms with Gasteiger partial charge in [-0.25, -0.2) is 4.68 Å². The third-order valence-electron chi connectivity index (χ3n) is 3.57. The molecular formula is C11H21N5. The highest BCUT2D eigenvalue weighted by Gasteiger charge is 2.51. The Kier molecular flexibility index (Phi) is 2.99. The molecule has 0 bridgehead atoms. The average molecular weight is 223 g/mol. The van der Waals surface area contributed by atoms with E-state index in [0.717, 1.165) is 18.7 Å². The maximum Gasteiger partial charge on any atom is 0.0773 e. The molecular weight excluding hydrogens is 202 g/mol. The van der Waals surface area contributed by atoms with Crippen LogP contribution in [-0.4, -0.2) is 15.0 Å². The van der Waals surface area contributed by atoms with Gasteiger partial charge in [-0.05, 0) is 24.2 Å². The number of hydrazine groups is 1. The molecule has 1 aliphatic rings. The SMILES string of the molecule is CCCn1nncc1C(NN)C1CC1(C)C. The summed E-state index contributed by atoms with van der Waals surface area (Å²) in [5, 5.41) is 8.09. The average Bonchev–Trinajstić information content (AvgIpc) is 2.66. The largest absolute Gasteiger partial charge is 0.271 e. The zero-order valence-corrected chi connectivity index (χ0v) is 10.3. The Labute approximate surface area is 96.4 Å². The van der Waals surface area contributed by atoms with Crippen LogP contribution in [0.1, 0.15) is 45.3 Å². The molecule has 1 heterocycles. The Bertz CT molecular complexity index is 357. The van der Waals surface area contributed by atoms with E-state index < -0.39 is 0 Å². The molecule has 1 fully saturated rings. The van der Waals surface area contributed by atoms with Gasteiger partial charge in [0.05, 0.1) is 17.9 Å². The van der Waals surface area contributed by atoms with Crippen LogP contribution in [-0.2, 0) is 6.54 Å². The van der Waals surface area contributed by atoms with Gasteiger partial charge in [0.2, 0.25) is 0 Å². The molecule has 90 valence electrons. The van der Waals surface area contributed by atoms with Gasteiger partial charge in [-0.1, -0.05) is 26.0 Å². The Morgan fingerprint density at radius 1 is 1.69 bits per heavy atom. The van der Waals surface area contributed by atoms with E-state index in [9.17, 15) is 0 Å². The van der Waals surface area contributed by atoms with E-state index in [1.165, 1.54) is 6.42 Å². The lowest BCUT2D eigenvalue weighted by Gasteiger charge is -2.18. The number of rotatable bonds is 5. The molecule has 1 saturated carbocycles. The second kappa shape index (κ2) is 4.14. The smallest absolute Gasteiger partial charge is 0.0773 e. The van der Waals surface area contributed by atoms with Gasteiger partial charge in [-0.15, -0.1) is 5.10 Å². The zero-order chi connectivity index (χ0) is 11.8. The molecule has 2 rings (SSSR count).